The highest BCUT2D eigenvalue weighted by molar-refractivity contribution is 7.19. The van der Waals surface area contributed by atoms with E-state index in [1.54, 1.807) is 16.6 Å². The van der Waals surface area contributed by atoms with Gasteiger partial charge in [-0.2, -0.15) is 9.61 Å². The lowest BCUT2D eigenvalue weighted by Gasteiger charge is -2.03. The summed E-state index contributed by atoms with van der Waals surface area (Å²) >= 11 is 1.34. The Morgan fingerprint density at radius 2 is 2.05 bits per heavy atom. The van der Waals surface area contributed by atoms with Gasteiger partial charge in [0.15, 0.2) is 10.8 Å². The van der Waals surface area contributed by atoms with Crippen LogP contribution in [-0.4, -0.2) is 19.8 Å². The number of hydrogen-bond donors (Lipinski definition) is 1. The first-order valence-electron chi connectivity index (χ1n) is 7.00. The van der Waals surface area contributed by atoms with Crippen molar-refractivity contribution >= 4 is 22.0 Å². The molecule has 0 spiro atoms. The van der Waals surface area contributed by atoms with E-state index in [2.05, 4.69) is 15.3 Å². The molecule has 0 aliphatic heterocycles. The number of hydrogen-bond acceptors (Lipinski definition) is 5. The zero-order valence-corrected chi connectivity index (χ0v) is 12.1. The number of benzene rings is 1. The fraction of sp³-hybridized carbons (Fsp3) is 0.357. The average Bonchev–Trinajstić information content (AvgIpc) is 3.15. The molecule has 21 heavy (non-hydrogen) atoms. The summed E-state index contributed by atoms with van der Waals surface area (Å²) in [7, 11) is 0. The largest absolute Gasteiger partial charge is 0.399 e. The topological polar surface area (TPSA) is 69.1 Å². The molecule has 0 atom stereocenters. The summed E-state index contributed by atoms with van der Waals surface area (Å²) in [6.45, 7) is 0. The van der Waals surface area contributed by atoms with E-state index in [-0.39, 0.29) is 5.82 Å². The second-order valence-corrected chi connectivity index (χ2v) is 6.34. The number of nitrogens with zero attached hydrogens (tertiary/aromatic N) is 4. The highest BCUT2D eigenvalue weighted by atomic mass is 32.1. The second kappa shape index (κ2) is 4.77. The average molecular weight is 303 g/mol. The first-order valence-corrected chi connectivity index (χ1v) is 7.81. The molecule has 0 saturated heterocycles. The van der Waals surface area contributed by atoms with Gasteiger partial charge in [-0.1, -0.05) is 24.2 Å². The highest BCUT2D eigenvalue weighted by Gasteiger charge is 2.24. The number of nitrogens with two attached hydrogens (primary N) is 1. The third-order valence-electron chi connectivity index (χ3n) is 3.96. The number of fused-ring (bicyclic) bond motifs is 1. The molecule has 0 unspecified atom stereocenters. The van der Waals surface area contributed by atoms with Gasteiger partial charge < -0.3 is 5.73 Å². The molecule has 1 aliphatic carbocycles. The molecule has 0 radical (unpaired) electrons. The summed E-state index contributed by atoms with van der Waals surface area (Å²) in [5, 5.41) is 13.5. The molecule has 0 amide bonds. The maximum Gasteiger partial charge on any atom is 0.234 e. The van der Waals surface area contributed by atoms with Gasteiger partial charge in [-0.05, 0) is 31.0 Å². The van der Waals surface area contributed by atoms with Crippen molar-refractivity contribution in [3.63, 3.8) is 0 Å². The van der Waals surface area contributed by atoms with Crippen LogP contribution in [0.15, 0.2) is 18.2 Å². The number of halogens is 1. The van der Waals surface area contributed by atoms with Crippen LogP contribution in [0, 0.1) is 5.82 Å². The highest BCUT2D eigenvalue weighted by Crippen LogP contribution is 2.35. The molecule has 2 N–H and O–H groups in total. The van der Waals surface area contributed by atoms with Crippen molar-refractivity contribution in [3.8, 4) is 10.6 Å². The monoisotopic (exact) mass is 303 g/mol. The fourth-order valence-corrected chi connectivity index (χ4v) is 3.75. The molecule has 4 rings (SSSR count). The van der Waals surface area contributed by atoms with E-state index in [1.807, 2.05) is 0 Å². The Balaban J connectivity index is 1.82. The summed E-state index contributed by atoms with van der Waals surface area (Å²) in [6, 6.07) is 4.52. The third-order valence-corrected chi connectivity index (χ3v) is 4.89. The summed E-state index contributed by atoms with van der Waals surface area (Å²) in [6.07, 6.45) is 4.70. The van der Waals surface area contributed by atoms with Crippen LogP contribution in [0.4, 0.5) is 10.1 Å². The minimum Gasteiger partial charge on any atom is -0.399 e. The van der Waals surface area contributed by atoms with Crippen LogP contribution >= 0.6 is 11.3 Å². The van der Waals surface area contributed by atoms with Crippen LogP contribution < -0.4 is 5.73 Å². The third kappa shape index (κ3) is 2.08. The molecule has 5 nitrogen and oxygen atoms in total. The van der Waals surface area contributed by atoms with Gasteiger partial charge in [-0.15, -0.1) is 10.2 Å². The first-order chi connectivity index (χ1) is 10.2. The summed E-state index contributed by atoms with van der Waals surface area (Å²) < 4.78 is 15.7. The lowest BCUT2D eigenvalue weighted by molar-refractivity contribution is 0.628. The Morgan fingerprint density at radius 1 is 1.24 bits per heavy atom. The Labute approximate surface area is 124 Å². The summed E-state index contributed by atoms with van der Waals surface area (Å²) in [5.41, 5.74) is 6.68. The number of anilines is 1. The van der Waals surface area contributed by atoms with E-state index in [1.165, 1.54) is 30.2 Å². The number of nitrogen functional groups attached to an aromatic ring is 1. The summed E-state index contributed by atoms with van der Waals surface area (Å²) in [4.78, 5) is 0.703. The van der Waals surface area contributed by atoms with Crippen LogP contribution in [0.25, 0.3) is 15.5 Å². The Hall–Kier alpha value is -2.02. The maximum atomic E-state index is 14.0. The van der Waals surface area contributed by atoms with Crippen LogP contribution in [0.1, 0.15) is 37.4 Å². The minimum absolute atomic E-state index is 0.323. The molecule has 1 aromatic carbocycles. The van der Waals surface area contributed by atoms with Gasteiger partial charge in [0, 0.05) is 11.6 Å². The second-order valence-electron chi connectivity index (χ2n) is 5.38. The molecule has 1 saturated carbocycles. The molecular formula is C14H14FN5S. The standard InChI is InChI=1S/C14H14FN5S/c15-11-6-5-9(16)7-10(11)13-19-20-12(8-3-1-2-4-8)17-18-14(20)21-13/h5-8H,1-4,16H2. The Kier molecular flexibility index (Phi) is 2.88. The van der Waals surface area contributed by atoms with Gasteiger partial charge in [-0.3, -0.25) is 0 Å². The van der Waals surface area contributed by atoms with E-state index in [9.17, 15) is 4.39 Å². The molecule has 2 heterocycles. The van der Waals surface area contributed by atoms with Crippen LogP contribution in [0.3, 0.4) is 0 Å². The number of aromatic nitrogens is 4. The van der Waals surface area contributed by atoms with Gasteiger partial charge in [-0.25, -0.2) is 4.39 Å². The molecule has 2 aromatic heterocycles. The fourth-order valence-electron chi connectivity index (χ4n) is 2.89. The smallest absolute Gasteiger partial charge is 0.234 e. The van der Waals surface area contributed by atoms with E-state index >= 15 is 0 Å². The van der Waals surface area contributed by atoms with Gasteiger partial charge in [0.25, 0.3) is 0 Å². The molecule has 3 aromatic rings. The molecule has 1 fully saturated rings. The van der Waals surface area contributed by atoms with Crippen LogP contribution in [0.2, 0.25) is 0 Å². The van der Waals surface area contributed by atoms with Gasteiger partial charge >= 0.3 is 0 Å². The predicted molar refractivity (Wildman–Crippen MR) is 79.7 cm³/mol. The molecular weight excluding hydrogens is 289 g/mol. The van der Waals surface area contributed by atoms with Crippen molar-refractivity contribution in [3.05, 3.63) is 29.8 Å². The quantitative estimate of drug-likeness (QED) is 0.738. The van der Waals surface area contributed by atoms with Crippen LogP contribution in [-0.2, 0) is 0 Å². The number of rotatable bonds is 2. The SMILES string of the molecule is Nc1ccc(F)c(-c2nn3c(C4CCCC4)nnc3s2)c1. The van der Waals surface area contributed by atoms with E-state index in [0.29, 0.717) is 27.1 Å². The molecule has 1 aliphatic rings. The van der Waals surface area contributed by atoms with Gasteiger partial charge in [0.1, 0.15) is 5.82 Å². The van der Waals surface area contributed by atoms with Crippen molar-refractivity contribution in [2.45, 2.75) is 31.6 Å². The van der Waals surface area contributed by atoms with E-state index < -0.39 is 0 Å². The summed E-state index contributed by atoms with van der Waals surface area (Å²) in [5.74, 6) is 0.992. The van der Waals surface area contributed by atoms with Crippen molar-refractivity contribution in [2.75, 3.05) is 5.73 Å². The molecule has 7 heteroatoms. The van der Waals surface area contributed by atoms with Gasteiger partial charge in [0.05, 0.1) is 5.56 Å². The Bertz CT molecular complexity index is 803. The predicted octanol–water partition coefficient (Wildman–Crippen LogP) is 3.23. The lowest BCUT2D eigenvalue weighted by atomic mass is 10.1. The lowest BCUT2D eigenvalue weighted by Crippen LogP contribution is -2.01. The first kappa shape index (κ1) is 12.7. The molecule has 0 bridgehead atoms. The minimum atomic E-state index is -0.323. The zero-order valence-electron chi connectivity index (χ0n) is 11.3. The van der Waals surface area contributed by atoms with E-state index in [0.717, 1.165) is 18.7 Å². The van der Waals surface area contributed by atoms with Crippen LogP contribution in [0.5, 0.6) is 0 Å². The molecule has 108 valence electrons. The van der Waals surface area contributed by atoms with Crippen molar-refractivity contribution in [2.24, 2.45) is 0 Å². The zero-order chi connectivity index (χ0) is 14.4. The van der Waals surface area contributed by atoms with Crippen molar-refractivity contribution in [1.82, 2.24) is 19.8 Å². The van der Waals surface area contributed by atoms with Gasteiger partial charge in [0.2, 0.25) is 4.96 Å². The van der Waals surface area contributed by atoms with Crippen molar-refractivity contribution < 1.29 is 4.39 Å². The maximum absolute atomic E-state index is 14.0. The van der Waals surface area contributed by atoms with Crippen molar-refractivity contribution in [1.29, 1.82) is 0 Å². The normalized spacial score (nSPS) is 16.0. The Morgan fingerprint density at radius 3 is 2.86 bits per heavy atom. The van der Waals surface area contributed by atoms with E-state index in [4.69, 9.17) is 5.73 Å².